The van der Waals surface area contributed by atoms with Crippen molar-refractivity contribution in [2.75, 3.05) is 6.54 Å². The molecule has 2 aromatic carbocycles. The van der Waals surface area contributed by atoms with Crippen LogP contribution in [0.3, 0.4) is 0 Å². The van der Waals surface area contributed by atoms with Crippen molar-refractivity contribution >= 4 is 12.1 Å². The summed E-state index contributed by atoms with van der Waals surface area (Å²) in [6.45, 7) is 4.60. The number of carbonyl (C=O) groups excluding carboxylic acids is 1. The fourth-order valence-corrected chi connectivity index (χ4v) is 2.81. The zero-order chi connectivity index (χ0) is 16.2. The summed E-state index contributed by atoms with van der Waals surface area (Å²) in [6, 6.07) is 20.2. The van der Waals surface area contributed by atoms with Crippen LogP contribution in [-0.2, 0) is 4.79 Å². The maximum absolute atomic E-state index is 12.5. The van der Waals surface area contributed by atoms with E-state index in [9.17, 15) is 4.79 Å². The Bertz CT molecular complexity index is 682. The van der Waals surface area contributed by atoms with Gasteiger partial charge in [0.05, 0.1) is 12.8 Å². The molecule has 0 bridgehead atoms. The molecule has 118 valence electrons. The molecule has 1 saturated heterocycles. The van der Waals surface area contributed by atoms with Crippen LogP contribution >= 0.6 is 0 Å². The SMILES string of the molecule is CC(C)N1CC(=O)N(/N=C/c2ccccc2)C1c1ccccc1. The molecule has 1 aliphatic rings. The molecule has 2 aromatic rings. The number of hydrogen-bond donors (Lipinski definition) is 0. The Hall–Kier alpha value is -2.46. The molecule has 0 aromatic heterocycles. The van der Waals surface area contributed by atoms with Gasteiger partial charge in [0.25, 0.3) is 5.91 Å². The molecular formula is C19H21N3O. The second kappa shape index (κ2) is 6.75. The number of benzene rings is 2. The van der Waals surface area contributed by atoms with Gasteiger partial charge in [-0.15, -0.1) is 0 Å². The Morgan fingerprint density at radius 2 is 1.65 bits per heavy atom. The first-order chi connectivity index (χ1) is 11.2. The van der Waals surface area contributed by atoms with Gasteiger partial charge in [-0.2, -0.15) is 5.10 Å². The van der Waals surface area contributed by atoms with Crippen molar-refractivity contribution in [1.29, 1.82) is 0 Å². The van der Waals surface area contributed by atoms with Crippen molar-refractivity contribution < 1.29 is 4.79 Å². The summed E-state index contributed by atoms with van der Waals surface area (Å²) in [5.41, 5.74) is 2.06. The lowest BCUT2D eigenvalue weighted by Gasteiger charge is -2.30. The number of rotatable bonds is 4. The Morgan fingerprint density at radius 3 is 2.26 bits per heavy atom. The summed E-state index contributed by atoms with van der Waals surface area (Å²) >= 11 is 0. The molecule has 23 heavy (non-hydrogen) atoms. The number of hydrazone groups is 1. The van der Waals surface area contributed by atoms with E-state index in [1.165, 1.54) is 0 Å². The van der Waals surface area contributed by atoms with Crippen LogP contribution in [0.1, 0.15) is 31.1 Å². The fourth-order valence-electron chi connectivity index (χ4n) is 2.81. The van der Waals surface area contributed by atoms with Gasteiger partial charge in [-0.1, -0.05) is 60.7 Å². The lowest BCUT2D eigenvalue weighted by atomic mass is 10.1. The molecule has 3 rings (SSSR count). The quantitative estimate of drug-likeness (QED) is 0.813. The minimum atomic E-state index is -0.149. The van der Waals surface area contributed by atoms with Crippen molar-refractivity contribution in [3.63, 3.8) is 0 Å². The normalized spacial score (nSPS) is 19.2. The van der Waals surface area contributed by atoms with Crippen molar-refractivity contribution in [2.45, 2.75) is 26.1 Å². The molecule has 1 heterocycles. The molecule has 0 aliphatic carbocycles. The van der Waals surface area contributed by atoms with Gasteiger partial charge < -0.3 is 0 Å². The van der Waals surface area contributed by atoms with E-state index in [4.69, 9.17) is 0 Å². The van der Waals surface area contributed by atoms with E-state index in [1.807, 2.05) is 60.7 Å². The predicted octanol–water partition coefficient (Wildman–Crippen LogP) is 3.27. The molecule has 1 atom stereocenters. The molecule has 1 amide bonds. The van der Waals surface area contributed by atoms with E-state index in [-0.39, 0.29) is 18.1 Å². The zero-order valence-electron chi connectivity index (χ0n) is 13.5. The lowest BCUT2D eigenvalue weighted by Crippen LogP contribution is -2.33. The highest BCUT2D eigenvalue weighted by Crippen LogP contribution is 2.32. The van der Waals surface area contributed by atoms with Crippen molar-refractivity contribution in [3.05, 3.63) is 71.8 Å². The highest BCUT2D eigenvalue weighted by Gasteiger charge is 2.40. The van der Waals surface area contributed by atoms with E-state index >= 15 is 0 Å². The van der Waals surface area contributed by atoms with Crippen LogP contribution in [0.25, 0.3) is 0 Å². The van der Waals surface area contributed by atoms with Gasteiger partial charge in [0.2, 0.25) is 0 Å². The van der Waals surface area contributed by atoms with Gasteiger partial charge >= 0.3 is 0 Å². The van der Waals surface area contributed by atoms with Crippen LogP contribution < -0.4 is 0 Å². The second-order valence-electron chi connectivity index (χ2n) is 5.94. The largest absolute Gasteiger partial charge is 0.271 e. The Kier molecular flexibility index (Phi) is 4.53. The van der Waals surface area contributed by atoms with E-state index < -0.39 is 0 Å². The third-order valence-corrected chi connectivity index (χ3v) is 4.01. The molecule has 1 fully saturated rings. The third kappa shape index (κ3) is 3.32. The Labute approximate surface area is 137 Å². The maximum atomic E-state index is 12.5. The topological polar surface area (TPSA) is 35.9 Å². The van der Waals surface area contributed by atoms with Gasteiger partial charge in [0, 0.05) is 6.04 Å². The van der Waals surface area contributed by atoms with E-state index in [0.29, 0.717) is 6.54 Å². The molecule has 0 radical (unpaired) electrons. The summed E-state index contributed by atoms with van der Waals surface area (Å²) in [5.74, 6) is 0.0275. The second-order valence-corrected chi connectivity index (χ2v) is 5.94. The van der Waals surface area contributed by atoms with Crippen LogP contribution in [-0.4, -0.2) is 34.6 Å². The fraction of sp³-hybridized carbons (Fsp3) is 0.263. The van der Waals surface area contributed by atoms with Gasteiger partial charge in [0.1, 0.15) is 6.17 Å². The smallest absolute Gasteiger partial charge is 0.258 e. The van der Waals surface area contributed by atoms with Crippen molar-refractivity contribution in [1.82, 2.24) is 9.91 Å². The molecule has 0 spiro atoms. The minimum Gasteiger partial charge on any atom is -0.271 e. The van der Waals surface area contributed by atoms with Gasteiger partial charge in [0.15, 0.2) is 0 Å². The van der Waals surface area contributed by atoms with E-state index in [2.05, 4.69) is 23.8 Å². The zero-order valence-corrected chi connectivity index (χ0v) is 13.5. The molecule has 4 nitrogen and oxygen atoms in total. The van der Waals surface area contributed by atoms with E-state index in [1.54, 1.807) is 11.2 Å². The monoisotopic (exact) mass is 307 g/mol. The van der Waals surface area contributed by atoms with Crippen LogP contribution in [0, 0.1) is 0 Å². The number of nitrogens with zero attached hydrogens (tertiary/aromatic N) is 3. The predicted molar refractivity (Wildman–Crippen MR) is 91.9 cm³/mol. The first-order valence-corrected chi connectivity index (χ1v) is 7.88. The first-order valence-electron chi connectivity index (χ1n) is 7.88. The van der Waals surface area contributed by atoms with Gasteiger partial charge in [-0.05, 0) is 25.0 Å². The lowest BCUT2D eigenvalue weighted by molar-refractivity contribution is -0.128. The molecule has 0 N–H and O–H groups in total. The average Bonchev–Trinajstić information content (AvgIpc) is 2.91. The van der Waals surface area contributed by atoms with Gasteiger partial charge in [-0.3, -0.25) is 9.69 Å². The number of amides is 1. The van der Waals surface area contributed by atoms with Crippen molar-refractivity contribution in [2.24, 2.45) is 5.10 Å². The van der Waals surface area contributed by atoms with Crippen LogP contribution in [0.4, 0.5) is 0 Å². The first kappa shape index (κ1) is 15.4. The Morgan fingerprint density at radius 1 is 1.04 bits per heavy atom. The Balaban J connectivity index is 1.93. The summed E-state index contributed by atoms with van der Waals surface area (Å²) in [7, 11) is 0. The highest BCUT2D eigenvalue weighted by atomic mass is 16.2. The summed E-state index contributed by atoms with van der Waals surface area (Å²) in [4.78, 5) is 14.6. The summed E-state index contributed by atoms with van der Waals surface area (Å²) < 4.78 is 0. The van der Waals surface area contributed by atoms with Gasteiger partial charge in [-0.25, -0.2) is 5.01 Å². The van der Waals surface area contributed by atoms with Crippen LogP contribution in [0.5, 0.6) is 0 Å². The van der Waals surface area contributed by atoms with Crippen LogP contribution in [0.15, 0.2) is 65.8 Å². The van der Waals surface area contributed by atoms with E-state index in [0.717, 1.165) is 11.1 Å². The number of carbonyl (C=O) groups is 1. The highest BCUT2D eigenvalue weighted by molar-refractivity contribution is 5.84. The summed E-state index contributed by atoms with van der Waals surface area (Å²) in [6.07, 6.45) is 1.60. The molecule has 1 aliphatic heterocycles. The number of hydrogen-bond acceptors (Lipinski definition) is 3. The molecule has 4 heteroatoms. The molecular weight excluding hydrogens is 286 g/mol. The molecule has 1 unspecified atom stereocenters. The average molecular weight is 307 g/mol. The summed E-state index contributed by atoms with van der Waals surface area (Å²) in [5, 5.41) is 6.08. The maximum Gasteiger partial charge on any atom is 0.258 e. The minimum absolute atomic E-state index is 0.0275. The van der Waals surface area contributed by atoms with Crippen molar-refractivity contribution in [3.8, 4) is 0 Å². The standard InChI is InChI=1S/C19H21N3O/c1-15(2)21-14-18(23)22(19(21)17-11-7-4-8-12-17)20-13-16-9-5-3-6-10-16/h3-13,15,19H,14H2,1-2H3/b20-13+. The van der Waals surface area contributed by atoms with Crippen LogP contribution in [0.2, 0.25) is 0 Å². The molecule has 0 saturated carbocycles. The third-order valence-electron chi connectivity index (χ3n) is 4.01.